The number of aryl methyl sites for hydroxylation is 2. The van der Waals surface area contributed by atoms with Crippen LogP contribution in [0.5, 0.6) is 0 Å². The molecule has 0 aliphatic rings. The van der Waals surface area contributed by atoms with Gasteiger partial charge in [-0.3, -0.25) is 14.0 Å². The summed E-state index contributed by atoms with van der Waals surface area (Å²) in [6.07, 6.45) is 5.22. The van der Waals surface area contributed by atoms with Crippen LogP contribution in [-0.4, -0.2) is 21.1 Å². The van der Waals surface area contributed by atoms with Gasteiger partial charge in [-0.25, -0.2) is 4.98 Å². The second-order valence-electron chi connectivity index (χ2n) is 7.60. The van der Waals surface area contributed by atoms with Gasteiger partial charge >= 0.3 is 0 Å². The Kier molecular flexibility index (Phi) is 5.50. The number of amides is 1. The molecule has 0 spiro atoms. The molecule has 2 aromatic heterocycles. The molecule has 4 aromatic rings. The molecule has 2 heterocycles. The van der Waals surface area contributed by atoms with Crippen molar-refractivity contribution in [3.8, 4) is 11.3 Å². The van der Waals surface area contributed by atoms with Gasteiger partial charge in [0.1, 0.15) is 5.65 Å². The minimum atomic E-state index is -0.280. The van der Waals surface area contributed by atoms with Crippen LogP contribution in [0, 0.1) is 13.8 Å². The van der Waals surface area contributed by atoms with Crippen LogP contribution in [0.3, 0.4) is 0 Å². The summed E-state index contributed by atoms with van der Waals surface area (Å²) in [5, 5.41) is 2.82. The number of hydrogen-bond donors (Lipinski definition) is 1. The number of ketones is 1. The van der Waals surface area contributed by atoms with Gasteiger partial charge in [0.15, 0.2) is 5.78 Å². The van der Waals surface area contributed by atoms with Crippen molar-refractivity contribution in [2.24, 2.45) is 0 Å². The monoisotopic (exact) mass is 409 g/mol. The van der Waals surface area contributed by atoms with E-state index >= 15 is 0 Å². The van der Waals surface area contributed by atoms with Crippen LogP contribution in [0.2, 0.25) is 0 Å². The maximum absolute atomic E-state index is 12.6. The van der Waals surface area contributed by atoms with Gasteiger partial charge in [0.05, 0.1) is 11.4 Å². The summed E-state index contributed by atoms with van der Waals surface area (Å²) in [5.41, 5.74) is 6.88. The highest BCUT2D eigenvalue weighted by atomic mass is 16.1. The molecule has 31 heavy (non-hydrogen) atoms. The second kappa shape index (κ2) is 8.40. The number of aromatic nitrogens is 2. The maximum Gasteiger partial charge on any atom is 0.248 e. The highest BCUT2D eigenvalue weighted by Crippen LogP contribution is 2.26. The van der Waals surface area contributed by atoms with Crippen LogP contribution in [0.4, 0.5) is 5.69 Å². The van der Waals surface area contributed by atoms with E-state index in [0.717, 1.165) is 28.2 Å². The number of imidazole rings is 1. The van der Waals surface area contributed by atoms with Crippen LogP contribution in [-0.2, 0) is 4.79 Å². The molecule has 5 nitrogen and oxygen atoms in total. The minimum absolute atomic E-state index is 0.0459. The first kappa shape index (κ1) is 20.3. The zero-order chi connectivity index (χ0) is 22.0. The SMILES string of the molecule is CC(=O)c1cccc(NC(=O)/C=C/c2c(-c3ccc(C)cc3)nc3cc(C)ccn23)c1. The van der Waals surface area contributed by atoms with Gasteiger partial charge in [-0.2, -0.15) is 0 Å². The van der Waals surface area contributed by atoms with Crippen molar-refractivity contribution >= 4 is 29.1 Å². The molecule has 1 amide bonds. The summed E-state index contributed by atoms with van der Waals surface area (Å²) in [5.74, 6) is -0.326. The van der Waals surface area contributed by atoms with E-state index in [0.29, 0.717) is 11.3 Å². The molecule has 0 unspecified atom stereocenters. The Labute approximate surface area is 181 Å². The topological polar surface area (TPSA) is 63.5 Å². The molecular formula is C26H23N3O2. The van der Waals surface area contributed by atoms with E-state index in [2.05, 4.69) is 5.32 Å². The Morgan fingerprint density at radius 3 is 2.48 bits per heavy atom. The fourth-order valence-electron chi connectivity index (χ4n) is 3.40. The van der Waals surface area contributed by atoms with Crippen molar-refractivity contribution in [3.63, 3.8) is 0 Å². The fourth-order valence-corrected chi connectivity index (χ4v) is 3.40. The molecule has 0 atom stereocenters. The number of benzene rings is 2. The second-order valence-corrected chi connectivity index (χ2v) is 7.60. The van der Waals surface area contributed by atoms with Crippen LogP contribution in [0.15, 0.2) is 72.9 Å². The smallest absolute Gasteiger partial charge is 0.248 e. The summed E-state index contributed by atoms with van der Waals surface area (Å²) in [6, 6.07) is 19.1. The van der Waals surface area contributed by atoms with E-state index in [4.69, 9.17) is 4.98 Å². The van der Waals surface area contributed by atoms with Crippen molar-refractivity contribution < 1.29 is 9.59 Å². The molecule has 5 heteroatoms. The first-order valence-electron chi connectivity index (χ1n) is 10.1. The number of hydrogen-bond acceptors (Lipinski definition) is 3. The average Bonchev–Trinajstić information content (AvgIpc) is 3.10. The number of nitrogens with one attached hydrogen (secondary N) is 1. The third kappa shape index (κ3) is 4.46. The van der Waals surface area contributed by atoms with Crippen molar-refractivity contribution in [1.82, 2.24) is 9.38 Å². The molecule has 0 fully saturated rings. The lowest BCUT2D eigenvalue weighted by Crippen LogP contribution is -2.08. The minimum Gasteiger partial charge on any atom is -0.322 e. The number of rotatable bonds is 5. The largest absolute Gasteiger partial charge is 0.322 e. The van der Waals surface area contributed by atoms with Gasteiger partial charge in [-0.1, -0.05) is 42.0 Å². The van der Waals surface area contributed by atoms with Gasteiger partial charge in [0.25, 0.3) is 0 Å². The van der Waals surface area contributed by atoms with E-state index in [1.54, 1.807) is 30.3 Å². The highest BCUT2D eigenvalue weighted by molar-refractivity contribution is 6.03. The number of fused-ring (bicyclic) bond motifs is 1. The van der Waals surface area contributed by atoms with Crippen LogP contribution >= 0.6 is 0 Å². The summed E-state index contributed by atoms with van der Waals surface area (Å²) in [7, 11) is 0. The lowest BCUT2D eigenvalue weighted by Gasteiger charge is -2.04. The van der Waals surface area contributed by atoms with Crippen molar-refractivity contribution in [2.45, 2.75) is 20.8 Å². The number of pyridine rings is 1. The molecule has 1 N–H and O–H groups in total. The Balaban J connectivity index is 1.68. The molecular weight excluding hydrogens is 386 g/mol. The third-order valence-electron chi connectivity index (χ3n) is 5.07. The summed E-state index contributed by atoms with van der Waals surface area (Å²) >= 11 is 0. The molecule has 0 aliphatic heterocycles. The van der Waals surface area contributed by atoms with Gasteiger partial charge in [-0.15, -0.1) is 0 Å². The predicted molar refractivity (Wildman–Crippen MR) is 124 cm³/mol. The number of nitrogens with zero attached hydrogens (tertiary/aromatic N) is 2. The molecule has 0 radical (unpaired) electrons. The number of anilines is 1. The third-order valence-corrected chi connectivity index (χ3v) is 5.07. The first-order valence-corrected chi connectivity index (χ1v) is 10.1. The highest BCUT2D eigenvalue weighted by Gasteiger charge is 2.13. The van der Waals surface area contributed by atoms with E-state index < -0.39 is 0 Å². The zero-order valence-electron chi connectivity index (χ0n) is 17.7. The molecule has 4 rings (SSSR count). The lowest BCUT2D eigenvalue weighted by atomic mass is 10.1. The fraction of sp³-hybridized carbons (Fsp3) is 0.115. The molecule has 0 saturated carbocycles. The van der Waals surface area contributed by atoms with Gasteiger partial charge in [0, 0.05) is 29.1 Å². The quantitative estimate of drug-likeness (QED) is 0.351. The number of Topliss-reactive ketones (excluding diaryl/α,β-unsaturated/α-hetero) is 1. The predicted octanol–water partition coefficient (Wildman–Crippen LogP) is 5.47. The van der Waals surface area contributed by atoms with Crippen molar-refractivity contribution in [1.29, 1.82) is 0 Å². The van der Waals surface area contributed by atoms with E-state index in [1.165, 1.54) is 18.6 Å². The van der Waals surface area contributed by atoms with Crippen molar-refractivity contribution in [2.75, 3.05) is 5.32 Å². The standard InChI is InChI=1S/C26H23N3O2/c1-17-7-9-20(10-8-17)26-23(29-14-13-18(2)15-24(29)28-26)11-12-25(31)27-22-6-4-5-21(16-22)19(3)30/h4-16H,1-3H3,(H,27,31)/b12-11+. The van der Waals surface area contributed by atoms with Crippen molar-refractivity contribution in [3.05, 3.63) is 95.3 Å². The Hall–Kier alpha value is -3.99. The number of carbonyl (C=O) groups excluding carboxylic acids is 2. The van der Waals surface area contributed by atoms with E-state index in [1.807, 2.05) is 60.8 Å². The van der Waals surface area contributed by atoms with Gasteiger partial charge < -0.3 is 5.32 Å². The first-order chi connectivity index (χ1) is 14.9. The van der Waals surface area contributed by atoms with E-state index in [9.17, 15) is 9.59 Å². The summed E-state index contributed by atoms with van der Waals surface area (Å²) in [6.45, 7) is 5.57. The molecule has 0 bridgehead atoms. The lowest BCUT2D eigenvalue weighted by molar-refractivity contribution is -0.111. The number of carbonyl (C=O) groups is 2. The summed E-state index contributed by atoms with van der Waals surface area (Å²) < 4.78 is 1.97. The Morgan fingerprint density at radius 1 is 0.968 bits per heavy atom. The van der Waals surface area contributed by atoms with Crippen LogP contribution in [0.25, 0.3) is 23.0 Å². The molecule has 0 saturated heterocycles. The molecule has 0 aliphatic carbocycles. The van der Waals surface area contributed by atoms with Crippen LogP contribution < -0.4 is 5.32 Å². The molecule has 2 aromatic carbocycles. The van der Waals surface area contributed by atoms with Gasteiger partial charge in [-0.05, 0) is 56.7 Å². The summed E-state index contributed by atoms with van der Waals surface area (Å²) in [4.78, 5) is 28.9. The zero-order valence-corrected chi connectivity index (χ0v) is 17.7. The Morgan fingerprint density at radius 2 is 1.74 bits per heavy atom. The normalized spacial score (nSPS) is 11.2. The van der Waals surface area contributed by atoms with Gasteiger partial charge in [0.2, 0.25) is 5.91 Å². The maximum atomic E-state index is 12.6. The Bertz CT molecular complexity index is 1310. The van der Waals surface area contributed by atoms with E-state index in [-0.39, 0.29) is 11.7 Å². The van der Waals surface area contributed by atoms with Crippen LogP contribution in [0.1, 0.15) is 34.1 Å². The molecule has 154 valence electrons. The average molecular weight is 409 g/mol.